The van der Waals surface area contributed by atoms with Crippen LogP contribution in [0.4, 0.5) is 0 Å². The van der Waals surface area contributed by atoms with Gasteiger partial charge in [0, 0.05) is 12.6 Å². The number of nitrogens with zero attached hydrogens (tertiary/aromatic N) is 1. The fourth-order valence-corrected chi connectivity index (χ4v) is 2.16. The minimum Gasteiger partial charge on any atom is -0.378 e. The molecule has 98 valence electrons. The highest BCUT2D eigenvalue weighted by Crippen LogP contribution is 2.24. The molecule has 0 unspecified atom stereocenters. The number of nitriles is 1. The van der Waals surface area contributed by atoms with E-state index in [4.69, 9.17) is 10.00 Å². The van der Waals surface area contributed by atoms with Gasteiger partial charge in [0.05, 0.1) is 17.6 Å². The molecule has 0 aromatic heterocycles. The summed E-state index contributed by atoms with van der Waals surface area (Å²) in [6.07, 6.45) is 6.12. The van der Waals surface area contributed by atoms with Crippen LogP contribution in [0, 0.1) is 16.7 Å². The molecule has 1 aliphatic rings. The van der Waals surface area contributed by atoms with Gasteiger partial charge in [-0.05, 0) is 53.0 Å². The Kier molecular flexibility index (Phi) is 5.94. The minimum atomic E-state index is -0.156. The Labute approximate surface area is 106 Å². The van der Waals surface area contributed by atoms with Crippen LogP contribution < -0.4 is 5.32 Å². The highest BCUT2D eigenvalue weighted by Gasteiger charge is 2.28. The third-order valence-corrected chi connectivity index (χ3v) is 3.46. The van der Waals surface area contributed by atoms with Gasteiger partial charge in [-0.25, -0.2) is 0 Å². The van der Waals surface area contributed by atoms with Crippen LogP contribution in [0.25, 0.3) is 0 Å². The SMILES string of the molecule is CCOC1CC(NCCCCC(C)(C)C#N)C1. The van der Waals surface area contributed by atoms with Gasteiger partial charge >= 0.3 is 0 Å². The van der Waals surface area contributed by atoms with Crippen molar-refractivity contribution in [2.24, 2.45) is 5.41 Å². The Morgan fingerprint density at radius 3 is 2.65 bits per heavy atom. The summed E-state index contributed by atoms with van der Waals surface area (Å²) in [7, 11) is 0. The number of hydrogen-bond donors (Lipinski definition) is 1. The fourth-order valence-electron chi connectivity index (χ4n) is 2.16. The van der Waals surface area contributed by atoms with Crippen molar-refractivity contribution in [1.82, 2.24) is 5.32 Å². The number of ether oxygens (including phenoxy) is 1. The summed E-state index contributed by atoms with van der Waals surface area (Å²) in [4.78, 5) is 0. The second kappa shape index (κ2) is 6.98. The molecule has 0 aromatic carbocycles. The Bertz CT molecular complexity index is 251. The molecule has 0 aromatic rings. The van der Waals surface area contributed by atoms with Gasteiger partial charge in [-0.15, -0.1) is 0 Å². The molecule has 0 spiro atoms. The van der Waals surface area contributed by atoms with Crippen molar-refractivity contribution < 1.29 is 4.74 Å². The van der Waals surface area contributed by atoms with E-state index in [1.807, 2.05) is 13.8 Å². The van der Waals surface area contributed by atoms with E-state index in [-0.39, 0.29) is 5.41 Å². The van der Waals surface area contributed by atoms with Crippen molar-refractivity contribution in [3.63, 3.8) is 0 Å². The summed E-state index contributed by atoms with van der Waals surface area (Å²) in [5.41, 5.74) is -0.156. The summed E-state index contributed by atoms with van der Waals surface area (Å²) in [6, 6.07) is 3.01. The molecule has 1 rings (SSSR count). The minimum absolute atomic E-state index is 0.156. The van der Waals surface area contributed by atoms with E-state index in [9.17, 15) is 0 Å². The van der Waals surface area contributed by atoms with E-state index in [1.54, 1.807) is 0 Å². The number of nitrogens with one attached hydrogen (secondary N) is 1. The molecule has 17 heavy (non-hydrogen) atoms. The molecular formula is C14H26N2O. The molecule has 3 heteroatoms. The quantitative estimate of drug-likeness (QED) is 0.661. The zero-order valence-electron chi connectivity index (χ0n) is 11.5. The topological polar surface area (TPSA) is 45.0 Å². The van der Waals surface area contributed by atoms with Crippen molar-refractivity contribution in [1.29, 1.82) is 5.26 Å². The van der Waals surface area contributed by atoms with Gasteiger partial charge in [-0.2, -0.15) is 5.26 Å². The zero-order chi connectivity index (χ0) is 12.7. The average molecular weight is 238 g/mol. The van der Waals surface area contributed by atoms with Crippen molar-refractivity contribution in [2.45, 2.75) is 65.0 Å². The molecule has 1 N–H and O–H groups in total. The maximum atomic E-state index is 8.89. The molecule has 3 nitrogen and oxygen atoms in total. The Morgan fingerprint density at radius 1 is 1.35 bits per heavy atom. The smallest absolute Gasteiger partial charge is 0.0683 e. The van der Waals surface area contributed by atoms with Crippen LogP contribution in [0.1, 0.15) is 52.9 Å². The molecule has 1 aliphatic carbocycles. The highest BCUT2D eigenvalue weighted by molar-refractivity contribution is 4.91. The van der Waals surface area contributed by atoms with Crippen LogP contribution in [0.15, 0.2) is 0 Å². The van der Waals surface area contributed by atoms with Crippen molar-refractivity contribution in [3.05, 3.63) is 0 Å². The monoisotopic (exact) mass is 238 g/mol. The van der Waals surface area contributed by atoms with Crippen molar-refractivity contribution in [2.75, 3.05) is 13.2 Å². The Balaban J connectivity index is 1.91. The lowest BCUT2D eigenvalue weighted by molar-refractivity contribution is -0.00977. The van der Waals surface area contributed by atoms with Crippen molar-refractivity contribution in [3.8, 4) is 6.07 Å². The maximum Gasteiger partial charge on any atom is 0.0683 e. The van der Waals surface area contributed by atoms with E-state index >= 15 is 0 Å². The lowest BCUT2D eigenvalue weighted by atomic mass is 9.88. The molecule has 0 heterocycles. The first-order chi connectivity index (χ1) is 8.07. The molecule has 0 bridgehead atoms. The largest absolute Gasteiger partial charge is 0.378 e. The standard InChI is InChI=1S/C14H26N2O/c1-4-17-13-9-12(10-13)16-8-6-5-7-14(2,3)11-15/h12-13,16H,4-10H2,1-3H3. The van der Waals surface area contributed by atoms with Gasteiger partial charge < -0.3 is 10.1 Å². The normalized spacial score (nSPS) is 24.1. The summed E-state index contributed by atoms with van der Waals surface area (Å²) in [5, 5.41) is 12.4. The maximum absolute atomic E-state index is 8.89. The lowest BCUT2D eigenvalue weighted by Crippen LogP contribution is -2.45. The third kappa shape index (κ3) is 5.52. The van der Waals surface area contributed by atoms with Crippen LogP contribution >= 0.6 is 0 Å². The summed E-state index contributed by atoms with van der Waals surface area (Å²) in [5.74, 6) is 0. The molecule has 0 aliphatic heterocycles. The molecule has 0 amide bonds. The summed E-state index contributed by atoms with van der Waals surface area (Å²) < 4.78 is 5.52. The molecule has 0 atom stereocenters. The molecular weight excluding hydrogens is 212 g/mol. The van der Waals surface area contributed by atoms with Crippen LogP contribution in [0.5, 0.6) is 0 Å². The first-order valence-corrected chi connectivity index (χ1v) is 6.83. The van der Waals surface area contributed by atoms with E-state index in [1.165, 1.54) is 6.42 Å². The van der Waals surface area contributed by atoms with Crippen molar-refractivity contribution >= 4 is 0 Å². The molecule has 1 fully saturated rings. The van der Waals surface area contributed by atoms with Gasteiger partial charge in [-0.3, -0.25) is 0 Å². The fraction of sp³-hybridized carbons (Fsp3) is 0.929. The van der Waals surface area contributed by atoms with E-state index < -0.39 is 0 Å². The Morgan fingerprint density at radius 2 is 2.06 bits per heavy atom. The molecule has 0 saturated heterocycles. The molecule has 0 radical (unpaired) electrons. The zero-order valence-corrected chi connectivity index (χ0v) is 11.5. The van der Waals surface area contributed by atoms with Crippen LogP contribution in [-0.2, 0) is 4.74 Å². The number of hydrogen-bond acceptors (Lipinski definition) is 3. The van der Waals surface area contributed by atoms with E-state index in [0.29, 0.717) is 12.1 Å². The first-order valence-electron chi connectivity index (χ1n) is 6.83. The molecule has 1 saturated carbocycles. The van der Waals surface area contributed by atoms with Crippen LogP contribution in [0.2, 0.25) is 0 Å². The highest BCUT2D eigenvalue weighted by atomic mass is 16.5. The summed E-state index contributed by atoms with van der Waals surface area (Å²) >= 11 is 0. The predicted octanol–water partition coefficient (Wildman–Crippen LogP) is 2.86. The Hall–Kier alpha value is -0.590. The van der Waals surface area contributed by atoms with Gasteiger partial charge in [0.15, 0.2) is 0 Å². The lowest BCUT2D eigenvalue weighted by Gasteiger charge is -2.35. The van der Waals surface area contributed by atoms with E-state index in [2.05, 4.69) is 18.3 Å². The van der Waals surface area contributed by atoms with E-state index in [0.717, 1.165) is 38.8 Å². The predicted molar refractivity (Wildman–Crippen MR) is 69.7 cm³/mol. The number of unbranched alkanes of at least 4 members (excludes halogenated alkanes) is 1. The van der Waals surface area contributed by atoms with Gasteiger partial charge in [0.2, 0.25) is 0 Å². The van der Waals surface area contributed by atoms with Gasteiger partial charge in [0.25, 0.3) is 0 Å². The second-order valence-corrected chi connectivity index (χ2v) is 5.65. The summed E-state index contributed by atoms with van der Waals surface area (Å²) in [6.45, 7) is 7.99. The van der Waals surface area contributed by atoms with Gasteiger partial charge in [-0.1, -0.05) is 6.42 Å². The average Bonchev–Trinajstić information content (AvgIpc) is 2.24. The van der Waals surface area contributed by atoms with Crippen LogP contribution in [0.3, 0.4) is 0 Å². The first kappa shape index (κ1) is 14.5. The number of rotatable bonds is 8. The van der Waals surface area contributed by atoms with Gasteiger partial charge in [0.1, 0.15) is 0 Å². The van der Waals surface area contributed by atoms with Crippen LogP contribution in [-0.4, -0.2) is 25.3 Å². The second-order valence-electron chi connectivity index (χ2n) is 5.65. The third-order valence-electron chi connectivity index (χ3n) is 3.46.